The summed E-state index contributed by atoms with van der Waals surface area (Å²) in [4.78, 5) is 21.2. The Kier molecular flexibility index (Phi) is 5.99. The van der Waals surface area contributed by atoms with Crippen molar-refractivity contribution in [3.8, 4) is 0 Å². The molecular weight excluding hydrogens is 264 g/mol. The minimum atomic E-state index is 0.0952. The van der Waals surface area contributed by atoms with E-state index in [9.17, 15) is 4.79 Å². The molecule has 0 bridgehead atoms. The monoisotopic (exact) mass is 290 g/mol. The van der Waals surface area contributed by atoms with Gasteiger partial charge in [-0.2, -0.15) is 0 Å². The molecule has 21 heavy (non-hydrogen) atoms. The number of nitrogens with one attached hydrogen (secondary N) is 1. The molecule has 116 valence electrons. The lowest BCUT2D eigenvalue weighted by atomic mass is 10.2. The van der Waals surface area contributed by atoms with Crippen LogP contribution in [0.25, 0.3) is 0 Å². The molecule has 2 rings (SSSR count). The molecule has 0 unspecified atom stereocenters. The Morgan fingerprint density at radius 3 is 2.67 bits per heavy atom. The highest BCUT2D eigenvalue weighted by Gasteiger charge is 2.23. The molecular formula is C16H26N4O. The van der Waals surface area contributed by atoms with Gasteiger partial charge >= 0.3 is 0 Å². The quantitative estimate of drug-likeness (QED) is 0.871. The molecule has 0 aromatic carbocycles. The Hall–Kier alpha value is -1.62. The molecule has 1 aliphatic rings. The van der Waals surface area contributed by atoms with E-state index in [0.29, 0.717) is 5.56 Å². The smallest absolute Gasteiger partial charge is 0.257 e. The summed E-state index contributed by atoms with van der Waals surface area (Å²) in [5.74, 6) is 0.0952. The van der Waals surface area contributed by atoms with E-state index in [-0.39, 0.29) is 5.91 Å². The van der Waals surface area contributed by atoms with E-state index < -0.39 is 0 Å². The Bertz CT molecular complexity index is 455. The summed E-state index contributed by atoms with van der Waals surface area (Å²) >= 11 is 0. The second-order valence-electron chi connectivity index (χ2n) is 5.48. The van der Waals surface area contributed by atoms with Gasteiger partial charge in [-0.3, -0.25) is 14.7 Å². The van der Waals surface area contributed by atoms with E-state index in [4.69, 9.17) is 0 Å². The average molecular weight is 290 g/mol. The second kappa shape index (κ2) is 7.98. The van der Waals surface area contributed by atoms with Gasteiger partial charge in [0, 0.05) is 45.1 Å². The number of piperazine rings is 1. The molecule has 1 aromatic heterocycles. The maximum Gasteiger partial charge on any atom is 0.257 e. The average Bonchev–Trinajstić information content (AvgIpc) is 2.53. The highest BCUT2D eigenvalue weighted by molar-refractivity contribution is 5.99. The van der Waals surface area contributed by atoms with Crippen LogP contribution in [0.15, 0.2) is 18.5 Å². The molecule has 0 radical (unpaired) electrons. The number of carbonyl (C=O) groups excluding carboxylic acids is 1. The number of anilines is 1. The fourth-order valence-corrected chi connectivity index (χ4v) is 2.64. The topological polar surface area (TPSA) is 48.5 Å². The summed E-state index contributed by atoms with van der Waals surface area (Å²) in [5, 5.41) is 3.31. The number of amides is 1. The molecule has 1 saturated heterocycles. The van der Waals surface area contributed by atoms with Gasteiger partial charge in [-0.25, -0.2) is 0 Å². The number of carbonyl (C=O) groups is 1. The summed E-state index contributed by atoms with van der Waals surface area (Å²) < 4.78 is 0. The van der Waals surface area contributed by atoms with E-state index in [0.717, 1.165) is 51.4 Å². The summed E-state index contributed by atoms with van der Waals surface area (Å²) in [5.41, 5.74) is 1.59. The van der Waals surface area contributed by atoms with Crippen LogP contribution in [0.1, 0.15) is 37.0 Å². The lowest BCUT2D eigenvalue weighted by Crippen LogP contribution is -2.48. The maximum absolute atomic E-state index is 12.7. The minimum Gasteiger partial charge on any atom is -0.384 e. The van der Waals surface area contributed by atoms with Crippen LogP contribution in [-0.2, 0) is 0 Å². The van der Waals surface area contributed by atoms with Crippen LogP contribution in [-0.4, -0.2) is 60.0 Å². The molecule has 1 aliphatic heterocycles. The van der Waals surface area contributed by atoms with E-state index in [2.05, 4.69) is 29.0 Å². The second-order valence-corrected chi connectivity index (χ2v) is 5.48. The third-order valence-corrected chi connectivity index (χ3v) is 3.82. The fourth-order valence-electron chi connectivity index (χ4n) is 2.64. The van der Waals surface area contributed by atoms with Crippen molar-refractivity contribution >= 4 is 11.6 Å². The number of hydrogen-bond acceptors (Lipinski definition) is 4. The molecule has 0 saturated carbocycles. The first-order valence-corrected chi connectivity index (χ1v) is 7.95. The van der Waals surface area contributed by atoms with E-state index >= 15 is 0 Å². The van der Waals surface area contributed by atoms with Gasteiger partial charge in [0.25, 0.3) is 5.91 Å². The van der Waals surface area contributed by atoms with Crippen LogP contribution in [0.4, 0.5) is 5.69 Å². The first kappa shape index (κ1) is 15.8. The lowest BCUT2D eigenvalue weighted by molar-refractivity contribution is 0.0638. The molecule has 0 aliphatic carbocycles. The molecule has 1 fully saturated rings. The van der Waals surface area contributed by atoms with Crippen molar-refractivity contribution in [2.45, 2.75) is 26.7 Å². The molecule has 2 heterocycles. The van der Waals surface area contributed by atoms with E-state index in [1.165, 1.54) is 6.42 Å². The first-order valence-electron chi connectivity index (χ1n) is 7.95. The van der Waals surface area contributed by atoms with Crippen LogP contribution in [0.3, 0.4) is 0 Å². The molecule has 0 spiro atoms. The maximum atomic E-state index is 12.7. The number of pyridine rings is 1. The van der Waals surface area contributed by atoms with Crippen molar-refractivity contribution in [3.63, 3.8) is 0 Å². The minimum absolute atomic E-state index is 0.0952. The van der Waals surface area contributed by atoms with Gasteiger partial charge in [-0.15, -0.1) is 0 Å². The normalized spacial score (nSPS) is 16.0. The Labute approximate surface area is 127 Å². The van der Waals surface area contributed by atoms with Crippen LogP contribution >= 0.6 is 0 Å². The highest BCUT2D eigenvalue weighted by atomic mass is 16.2. The Morgan fingerprint density at radius 1 is 1.24 bits per heavy atom. The first-order chi connectivity index (χ1) is 10.3. The number of rotatable bonds is 6. The fraction of sp³-hybridized carbons (Fsp3) is 0.625. The van der Waals surface area contributed by atoms with Crippen molar-refractivity contribution in [3.05, 3.63) is 24.0 Å². The number of hydrogen-bond donors (Lipinski definition) is 1. The zero-order valence-corrected chi connectivity index (χ0v) is 13.1. The van der Waals surface area contributed by atoms with Crippen molar-refractivity contribution < 1.29 is 4.79 Å². The summed E-state index contributed by atoms with van der Waals surface area (Å²) in [7, 11) is 0. The zero-order chi connectivity index (χ0) is 15.1. The summed E-state index contributed by atoms with van der Waals surface area (Å²) in [6.45, 7) is 9.85. The number of nitrogens with zero attached hydrogens (tertiary/aromatic N) is 3. The molecule has 1 N–H and O–H groups in total. The predicted octanol–water partition coefficient (Wildman–Crippen LogP) is 2.07. The van der Waals surface area contributed by atoms with Crippen LogP contribution in [0, 0.1) is 0 Å². The van der Waals surface area contributed by atoms with Crippen molar-refractivity contribution in [2.75, 3.05) is 44.6 Å². The molecule has 1 amide bonds. The zero-order valence-electron chi connectivity index (χ0n) is 13.1. The SMILES string of the molecule is CCCNc1ccncc1C(=O)N1CCN(CCC)CC1. The van der Waals surface area contributed by atoms with Gasteiger partial charge in [0.2, 0.25) is 0 Å². The van der Waals surface area contributed by atoms with Crippen LogP contribution in [0.2, 0.25) is 0 Å². The van der Waals surface area contributed by atoms with Crippen molar-refractivity contribution in [1.29, 1.82) is 0 Å². The van der Waals surface area contributed by atoms with Gasteiger partial charge in [0.1, 0.15) is 0 Å². The van der Waals surface area contributed by atoms with Gasteiger partial charge in [0.05, 0.1) is 11.3 Å². The number of aromatic nitrogens is 1. The third-order valence-electron chi connectivity index (χ3n) is 3.82. The molecule has 0 atom stereocenters. The predicted molar refractivity (Wildman–Crippen MR) is 85.7 cm³/mol. The Balaban J connectivity index is 2.00. The largest absolute Gasteiger partial charge is 0.384 e. The van der Waals surface area contributed by atoms with Crippen LogP contribution < -0.4 is 5.32 Å². The summed E-state index contributed by atoms with van der Waals surface area (Å²) in [6, 6.07) is 1.89. The summed E-state index contributed by atoms with van der Waals surface area (Å²) in [6.07, 6.45) is 5.61. The van der Waals surface area contributed by atoms with Crippen molar-refractivity contribution in [1.82, 2.24) is 14.8 Å². The Morgan fingerprint density at radius 2 is 2.00 bits per heavy atom. The standard InChI is InChI=1S/C16H26N4O/c1-3-6-18-15-5-7-17-13-14(15)16(21)20-11-9-19(8-4-2)10-12-20/h5,7,13H,3-4,6,8-12H2,1-2H3,(H,17,18). The van der Waals surface area contributed by atoms with Gasteiger partial charge < -0.3 is 10.2 Å². The molecule has 5 heteroatoms. The molecule has 1 aromatic rings. The van der Waals surface area contributed by atoms with Crippen LogP contribution in [0.5, 0.6) is 0 Å². The van der Waals surface area contributed by atoms with E-state index in [1.807, 2.05) is 11.0 Å². The third kappa shape index (κ3) is 4.17. The van der Waals surface area contributed by atoms with Gasteiger partial charge in [-0.1, -0.05) is 13.8 Å². The van der Waals surface area contributed by atoms with E-state index in [1.54, 1.807) is 12.4 Å². The van der Waals surface area contributed by atoms with Gasteiger partial charge in [-0.05, 0) is 25.5 Å². The van der Waals surface area contributed by atoms with Crippen molar-refractivity contribution in [2.24, 2.45) is 0 Å². The van der Waals surface area contributed by atoms with Gasteiger partial charge in [0.15, 0.2) is 0 Å². The molecule has 5 nitrogen and oxygen atoms in total. The lowest BCUT2D eigenvalue weighted by Gasteiger charge is -2.34. The highest BCUT2D eigenvalue weighted by Crippen LogP contribution is 2.17.